The summed E-state index contributed by atoms with van der Waals surface area (Å²) in [6.07, 6.45) is 6.21. The van der Waals surface area contributed by atoms with Crippen molar-refractivity contribution < 1.29 is 0 Å². The van der Waals surface area contributed by atoms with Crippen molar-refractivity contribution in [2.24, 2.45) is 0 Å². The number of hydrogen-bond acceptors (Lipinski definition) is 5. The van der Waals surface area contributed by atoms with Gasteiger partial charge in [0.1, 0.15) is 17.2 Å². The van der Waals surface area contributed by atoms with Gasteiger partial charge in [-0.05, 0) is 36.9 Å². The van der Waals surface area contributed by atoms with Gasteiger partial charge in [-0.1, -0.05) is 36.9 Å². The second-order valence-corrected chi connectivity index (χ2v) is 8.33. The number of anilines is 1. The molecule has 0 bridgehead atoms. The van der Waals surface area contributed by atoms with Crippen LogP contribution in [0.3, 0.4) is 0 Å². The van der Waals surface area contributed by atoms with Crippen molar-refractivity contribution in [3.63, 3.8) is 0 Å². The summed E-state index contributed by atoms with van der Waals surface area (Å²) in [5.41, 5.74) is 5.10. The summed E-state index contributed by atoms with van der Waals surface area (Å²) in [6, 6.07) is 14.7. The predicted octanol–water partition coefficient (Wildman–Crippen LogP) is 3.59. The number of pyridine rings is 1. The van der Waals surface area contributed by atoms with Crippen LogP contribution in [-0.4, -0.2) is 64.6 Å². The number of benzene rings is 1. The molecule has 5 rings (SSSR count). The Balaban J connectivity index is 1.60. The maximum Gasteiger partial charge on any atom is 0.162 e. The molecule has 6 heteroatoms. The van der Waals surface area contributed by atoms with Crippen LogP contribution >= 0.6 is 0 Å². The molecule has 0 N–H and O–H groups in total. The zero-order valence-corrected chi connectivity index (χ0v) is 18.2. The minimum Gasteiger partial charge on any atom is -0.354 e. The van der Waals surface area contributed by atoms with Gasteiger partial charge in [-0.15, -0.1) is 0 Å². The Bertz CT molecular complexity index is 1170. The number of imidazole rings is 1. The lowest BCUT2D eigenvalue weighted by Gasteiger charge is -2.33. The molecule has 0 saturated carbocycles. The molecule has 0 radical (unpaired) electrons. The molecule has 158 valence electrons. The van der Waals surface area contributed by atoms with E-state index in [1.165, 1.54) is 5.56 Å². The van der Waals surface area contributed by atoms with E-state index in [9.17, 15) is 0 Å². The minimum atomic E-state index is 0.724. The number of fused-ring (bicyclic) bond motifs is 1. The first-order chi connectivity index (χ1) is 15.1. The van der Waals surface area contributed by atoms with Gasteiger partial charge in [0.05, 0.1) is 6.54 Å². The Morgan fingerprint density at radius 3 is 2.42 bits per heavy atom. The largest absolute Gasteiger partial charge is 0.354 e. The fourth-order valence-electron chi connectivity index (χ4n) is 4.11. The number of hydrogen-bond donors (Lipinski definition) is 0. The Morgan fingerprint density at radius 1 is 0.903 bits per heavy atom. The van der Waals surface area contributed by atoms with Crippen LogP contribution in [0.4, 0.5) is 5.82 Å². The third kappa shape index (κ3) is 3.86. The van der Waals surface area contributed by atoms with Crippen LogP contribution in [0.1, 0.15) is 11.4 Å². The first-order valence-corrected chi connectivity index (χ1v) is 10.8. The molecule has 0 spiro atoms. The second-order valence-electron chi connectivity index (χ2n) is 8.33. The van der Waals surface area contributed by atoms with E-state index < -0.39 is 0 Å². The summed E-state index contributed by atoms with van der Waals surface area (Å²) in [4.78, 5) is 16.8. The maximum absolute atomic E-state index is 5.09. The number of rotatable bonds is 4. The highest BCUT2D eigenvalue weighted by atomic mass is 15.3. The van der Waals surface area contributed by atoms with Gasteiger partial charge in [-0.25, -0.2) is 9.97 Å². The number of aromatic nitrogens is 3. The second kappa shape index (κ2) is 8.04. The molecule has 0 amide bonds. The van der Waals surface area contributed by atoms with E-state index in [0.717, 1.165) is 66.8 Å². The molecule has 1 aromatic carbocycles. The van der Waals surface area contributed by atoms with Crippen LogP contribution in [0.25, 0.3) is 16.7 Å². The number of piperazine rings is 1. The van der Waals surface area contributed by atoms with E-state index in [2.05, 4.69) is 76.7 Å². The summed E-state index contributed by atoms with van der Waals surface area (Å²) in [6.45, 7) is 8.90. The highest BCUT2D eigenvalue weighted by molar-refractivity contribution is 5.81. The molecule has 3 aromatic rings. The van der Waals surface area contributed by atoms with Gasteiger partial charge in [0.25, 0.3) is 0 Å². The smallest absolute Gasteiger partial charge is 0.162 e. The molecule has 0 unspecified atom stereocenters. The molecule has 31 heavy (non-hydrogen) atoms. The average Bonchev–Trinajstić information content (AvgIpc) is 3.14. The summed E-state index contributed by atoms with van der Waals surface area (Å²) >= 11 is 0. The van der Waals surface area contributed by atoms with Gasteiger partial charge < -0.3 is 19.3 Å². The summed E-state index contributed by atoms with van der Waals surface area (Å²) in [5, 5.41) is 0. The number of likely N-dealkylation sites (N-methyl/N-ethyl adjacent to an activating group) is 2. The zero-order chi connectivity index (χ0) is 21.4. The van der Waals surface area contributed by atoms with E-state index in [-0.39, 0.29) is 0 Å². The topological polar surface area (TPSA) is 40.4 Å². The highest BCUT2D eigenvalue weighted by Crippen LogP contribution is 2.28. The molecular formula is C25H28N6. The number of nitrogens with zero attached hydrogens (tertiary/aromatic N) is 6. The standard InChI is InChI=1S/C25H28N6/c1-19-9-10-21(18-29(19)3)24-26-22-11-12-23(30-15-13-28(2)14-16-30)27-25(22)31(24)17-20-7-5-4-6-8-20/h4-12,18H,1,13-17H2,2-3H3. The quantitative estimate of drug-likeness (QED) is 0.655. The van der Waals surface area contributed by atoms with Crippen molar-refractivity contribution in [3.8, 4) is 0 Å². The molecule has 2 aromatic heterocycles. The van der Waals surface area contributed by atoms with Crippen molar-refractivity contribution in [2.45, 2.75) is 6.54 Å². The van der Waals surface area contributed by atoms with Crippen molar-refractivity contribution in [1.29, 1.82) is 0 Å². The molecule has 2 aliphatic rings. The third-order valence-corrected chi connectivity index (χ3v) is 6.09. The number of allylic oxidation sites excluding steroid dienone is 3. The van der Waals surface area contributed by atoms with E-state index in [0.29, 0.717) is 0 Å². The van der Waals surface area contributed by atoms with Crippen molar-refractivity contribution >= 4 is 22.6 Å². The SMILES string of the molecule is C=C1C=CC(c2nc3ccc(N4CCN(C)CC4)nc3n2Cc2ccccc2)=CN1C. The molecule has 6 nitrogen and oxygen atoms in total. The normalized spacial score (nSPS) is 17.5. The Morgan fingerprint density at radius 2 is 1.68 bits per heavy atom. The molecule has 0 aliphatic carbocycles. The summed E-state index contributed by atoms with van der Waals surface area (Å²) in [7, 11) is 4.19. The Labute approximate surface area is 183 Å². The van der Waals surface area contributed by atoms with Crippen molar-refractivity contribution in [1.82, 2.24) is 24.3 Å². The zero-order valence-electron chi connectivity index (χ0n) is 18.2. The highest BCUT2D eigenvalue weighted by Gasteiger charge is 2.20. The lowest BCUT2D eigenvalue weighted by Crippen LogP contribution is -2.44. The van der Waals surface area contributed by atoms with Crippen LogP contribution in [-0.2, 0) is 6.54 Å². The molecule has 1 saturated heterocycles. The molecule has 4 heterocycles. The fraction of sp³-hybridized carbons (Fsp3) is 0.280. The van der Waals surface area contributed by atoms with Crippen molar-refractivity contribution in [2.75, 3.05) is 45.2 Å². The van der Waals surface area contributed by atoms with E-state index in [4.69, 9.17) is 9.97 Å². The van der Waals surface area contributed by atoms with E-state index in [1.807, 2.05) is 24.1 Å². The monoisotopic (exact) mass is 412 g/mol. The molecule has 2 aliphatic heterocycles. The molecular weight excluding hydrogens is 384 g/mol. The average molecular weight is 413 g/mol. The van der Waals surface area contributed by atoms with Crippen LogP contribution in [0.5, 0.6) is 0 Å². The summed E-state index contributed by atoms with van der Waals surface area (Å²) in [5.74, 6) is 1.96. The maximum atomic E-state index is 5.09. The first kappa shape index (κ1) is 19.6. The van der Waals surface area contributed by atoms with Crippen LogP contribution in [0, 0.1) is 0 Å². The summed E-state index contributed by atoms with van der Waals surface area (Å²) < 4.78 is 2.24. The lowest BCUT2D eigenvalue weighted by atomic mass is 10.1. The van der Waals surface area contributed by atoms with Crippen LogP contribution in [0.2, 0.25) is 0 Å². The molecule has 0 atom stereocenters. The van der Waals surface area contributed by atoms with Gasteiger partial charge >= 0.3 is 0 Å². The van der Waals surface area contributed by atoms with Gasteiger partial charge in [0.15, 0.2) is 5.65 Å². The Kier molecular flexibility index (Phi) is 5.08. The lowest BCUT2D eigenvalue weighted by molar-refractivity contribution is 0.312. The van der Waals surface area contributed by atoms with E-state index in [1.54, 1.807) is 0 Å². The Hall–Kier alpha value is -3.38. The fourth-order valence-corrected chi connectivity index (χ4v) is 4.11. The van der Waals surface area contributed by atoms with Crippen LogP contribution < -0.4 is 4.90 Å². The minimum absolute atomic E-state index is 0.724. The van der Waals surface area contributed by atoms with Crippen molar-refractivity contribution in [3.05, 3.63) is 84.5 Å². The van der Waals surface area contributed by atoms with Gasteiger partial charge in [0.2, 0.25) is 0 Å². The predicted molar refractivity (Wildman–Crippen MR) is 127 cm³/mol. The van der Waals surface area contributed by atoms with Crippen LogP contribution in [0.15, 0.2) is 73.1 Å². The van der Waals surface area contributed by atoms with Gasteiger partial charge in [0, 0.05) is 50.7 Å². The van der Waals surface area contributed by atoms with E-state index >= 15 is 0 Å². The van der Waals surface area contributed by atoms with Gasteiger partial charge in [-0.2, -0.15) is 0 Å². The van der Waals surface area contributed by atoms with Gasteiger partial charge in [-0.3, -0.25) is 0 Å². The first-order valence-electron chi connectivity index (χ1n) is 10.8. The molecule has 1 fully saturated rings. The third-order valence-electron chi connectivity index (χ3n) is 6.09.